The molecule has 0 saturated heterocycles. The van der Waals surface area contributed by atoms with Crippen LogP contribution in [0, 0.1) is 6.92 Å². The van der Waals surface area contributed by atoms with Crippen molar-refractivity contribution in [1.82, 2.24) is 0 Å². The lowest BCUT2D eigenvalue weighted by atomic mass is 9.77. The smallest absolute Gasteiger partial charge is 0.140 e. The highest BCUT2D eigenvalue weighted by Gasteiger charge is 2.29. The van der Waals surface area contributed by atoms with Crippen LogP contribution in [0.3, 0.4) is 0 Å². The van der Waals surface area contributed by atoms with Gasteiger partial charge < -0.3 is 0 Å². The van der Waals surface area contributed by atoms with E-state index in [9.17, 15) is 4.79 Å². The molecular formula is C11H12O. The van der Waals surface area contributed by atoms with Gasteiger partial charge in [-0.15, -0.1) is 0 Å². The van der Waals surface area contributed by atoms with Gasteiger partial charge in [-0.25, -0.2) is 0 Å². The molecule has 0 radical (unpaired) electrons. The summed E-state index contributed by atoms with van der Waals surface area (Å²) in [5.41, 5.74) is 2.48. The number of rotatable bonds is 1. The minimum atomic E-state index is 0.214. The maximum atomic E-state index is 11.2. The van der Waals surface area contributed by atoms with E-state index in [1.165, 1.54) is 11.1 Å². The molecule has 0 aromatic heterocycles. The Morgan fingerprint density at radius 3 is 2.58 bits per heavy atom. The molecule has 1 aliphatic rings. The Morgan fingerprint density at radius 2 is 2.08 bits per heavy atom. The lowest BCUT2D eigenvalue weighted by Crippen LogP contribution is -2.23. The summed E-state index contributed by atoms with van der Waals surface area (Å²) in [4.78, 5) is 11.2. The van der Waals surface area contributed by atoms with Crippen molar-refractivity contribution in [3.05, 3.63) is 35.4 Å². The number of ketones is 1. The van der Waals surface area contributed by atoms with Gasteiger partial charge in [0.1, 0.15) is 5.78 Å². The van der Waals surface area contributed by atoms with Crippen molar-refractivity contribution < 1.29 is 4.79 Å². The van der Waals surface area contributed by atoms with Gasteiger partial charge in [-0.1, -0.05) is 24.3 Å². The van der Waals surface area contributed by atoms with E-state index in [-0.39, 0.29) is 5.92 Å². The Balaban J connectivity index is 2.33. The number of benzene rings is 1. The number of aryl methyl sites for hydroxylation is 1. The van der Waals surface area contributed by atoms with Crippen molar-refractivity contribution in [1.29, 1.82) is 0 Å². The predicted octanol–water partition coefficient (Wildman–Crippen LogP) is 2.44. The molecule has 1 saturated carbocycles. The second-order valence-electron chi connectivity index (χ2n) is 3.41. The highest BCUT2D eigenvalue weighted by atomic mass is 16.1. The summed E-state index contributed by atoms with van der Waals surface area (Å²) >= 11 is 0. The van der Waals surface area contributed by atoms with Crippen LogP contribution in [0.5, 0.6) is 0 Å². The molecule has 62 valence electrons. The van der Waals surface area contributed by atoms with Crippen LogP contribution in [0.25, 0.3) is 0 Å². The molecule has 0 N–H and O–H groups in total. The summed E-state index contributed by atoms with van der Waals surface area (Å²) in [7, 11) is 0. The fourth-order valence-electron chi connectivity index (χ4n) is 1.71. The maximum absolute atomic E-state index is 11.2. The Labute approximate surface area is 72.4 Å². The Kier molecular flexibility index (Phi) is 1.72. The van der Waals surface area contributed by atoms with Crippen molar-refractivity contribution in [2.75, 3.05) is 0 Å². The van der Waals surface area contributed by atoms with E-state index in [1.54, 1.807) is 0 Å². The lowest BCUT2D eigenvalue weighted by Gasteiger charge is -2.25. The molecule has 0 unspecified atom stereocenters. The van der Waals surface area contributed by atoms with Gasteiger partial charge in [0.25, 0.3) is 0 Å². The van der Waals surface area contributed by atoms with Crippen molar-refractivity contribution in [3.63, 3.8) is 0 Å². The van der Waals surface area contributed by atoms with Gasteiger partial charge >= 0.3 is 0 Å². The number of carbonyl (C=O) groups is 1. The molecule has 2 rings (SSSR count). The summed E-state index contributed by atoms with van der Waals surface area (Å²) in [6.45, 7) is 2.07. The molecule has 1 nitrogen and oxygen atoms in total. The summed E-state index contributed by atoms with van der Waals surface area (Å²) in [5, 5.41) is 0. The van der Waals surface area contributed by atoms with Crippen LogP contribution < -0.4 is 0 Å². The second-order valence-corrected chi connectivity index (χ2v) is 3.41. The van der Waals surface area contributed by atoms with E-state index in [2.05, 4.69) is 19.1 Å². The first kappa shape index (κ1) is 7.53. The highest BCUT2D eigenvalue weighted by Crippen LogP contribution is 2.34. The van der Waals surface area contributed by atoms with Crippen molar-refractivity contribution >= 4 is 5.78 Å². The first-order valence-corrected chi connectivity index (χ1v) is 4.37. The molecule has 0 heterocycles. The third-order valence-electron chi connectivity index (χ3n) is 2.63. The zero-order valence-corrected chi connectivity index (χ0v) is 7.21. The minimum Gasteiger partial charge on any atom is -0.299 e. The third kappa shape index (κ3) is 1.06. The monoisotopic (exact) mass is 160 g/mol. The van der Waals surface area contributed by atoms with Gasteiger partial charge in [0, 0.05) is 12.3 Å². The zero-order chi connectivity index (χ0) is 8.55. The molecule has 1 fully saturated rings. The Hall–Kier alpha value is -1.11. The average molecular weight is 160 g/mol. The van der Waals surface area contributed by atoms with Crippen LogP contribution in [-0.2, 0) is 4.79 Å². The van der Waals surface area contributed by atoms with Crippen LogP contribution in [0.1, 0.15) is 29.9 Å². The Morgan fingerprint density at radius 1 is 1.33 bits per heavy atom. The van der Waals surface area contributed by atoms with E-state index in [4.69, 9.17) is 0 Å². The lowest BCUT2D eigenvalue weighted by molar-refractivity contribution is -0.125. The first-order valence-electron chi connectivity index (χ1n) is 4.37. The van der Waals surface area contributed by atoms with Gasteiger partial charge in [0.2, 0.25) is 0 Å². The molecule has 1 aliphatic carbocycles. The third-order valence-corrected chi connectivity index (χ3v) is 2.63. The standard InChI is InChI=1S/C11H12O/c1-8-4-2-3-5-9(8)10-6-7-11(10)12/h2-5,10H,6-7H2,1H3/t10-/m0/s1. The minimum absolute atomic E-state index is 0.214. The predicted molar refractivity (Wildman–Crippen MR) is 48.2 cm³/mol. The van der Waals surface area contributed by atoms with E-state index >= 15 is 0 Å². The molecule has 1 aromatic rings. The normalized spacial score (nSPS) is 22.1. The van der Waals surface area contributed by atoms with Gasteiger partial charge in [-0.05, 0) is 24.5 Å². The second kappa shape index (κ2) is 2.74. The van der Waals surface area contributed by atoms with E-state index in [0.29, 0.717) is 5.78 Å². The molecule has 1 heteroatoms. The van der Waals surface area contributed by atoms with Crippen LogP contribution in [-0.4, -0.2) is 5.78 Å². The number of hydrogen-bond acceptors (Lipinski definition) is 1. The molecule has 0 bridgehead atoms. The van der Waals surface area contributed by atoms with Crippen LogP contribution in [0.4, 0.5) is 0 Å². The van der Waals surface area contributed by atoms with Crippen LogP contribution in [0.15, 0.2) is 24.3 Å². The fraction of sp³-hybridized carbons (Fsp3) is 0.364. The highest BCUT2D eigenvalue weighted by molar-refractivity contribution is 5.91. The summed E-state index contributed by atoms with van der Waals surface area (Å²) < 4.78 is 0. The van der Waals surface area contributed by atoms with Crippen molar-refractivity contribution in [2.45, 2.75) is 25.7 Å². The summed E-state index contributed by atoms with van der Waals surface area (Å²) in [5.74, 6) is 0.621. The van der Waals surface area contributed by atoms with E-state index < -0.39 is 0 Å². The van der Waals surface area contributed by atoms with Crippen molar-refractivity contribution in [3.8, 4) is 0 Å². The quantitative estimate of drug-likeness (QED) is 0.616. The average Bonchev–Trinajstić information content (AvgIpc) is 2.06. The number of carbonyl (C=O) groups excluding carboxylic acids is 1. The number of hydrogen-bond donors (Lipinski definition) is 0. The molecule has 0 spiro atoms. The van der Waals surface area contributed by atoms with Gasteiger partial charge in [-0.2, -0.15) is 0 Å². The molecule has 0 amide bonds. The molecule has 1 atom stereocenters. The molecule has 0 aliphatic heterocycles. The summed E-state index contributed by atoms with van der Waals surface area (Å²) in [6.07, 6.45) is 1.82. The maximum Gasteiger partial charge on any atom is 0.140 e. The SMILES string of the molecule is Cc1ccccc1[C@@H]1CCC1=O. The molecule has 12 heavy (non-hydrogen) atoms. The zero-order valence-electron chi connectivity index (χ0n) is 7.21. The van der Waals surface area contributed by atoms with Gasteiger partial charge in [0.15, 0.2) is 0 Å². The van der Waals surface area contributed by atoms with Crippen molar-refractivity contribution in [2.24, 2.45) is 0 Å². The Bertz CT molecular complexity index is 315. The largest absolute Gasteiger partial charge is 0.299 e. The topological polar surface area (TPSA) is 17.1 Å². The van der Waals surface area contributed by atoms with Crippen LogP contribution in [0.2, 0.25) is 0 Å². The van der Waals surface area contributed by atoms with Crippen LogP contribution >= 0.6 is 0 Å². The number of Topliss-reactive ketones (excluding diaryl/α,β-unsaturated/α-hetero) is 1. The fourth-order valence-corrected chi connectivity index (χ4v) is 1.71. The molecule has 1 aromatic carbocycles. The van der Waals surface area contributed by atoms with E-state index in [0.717, 1.165) is 12.8 Å². The van der Waals surface area contributed by atoms with E-state index in [1.807, 2.05) is 12.1 Å². The van der Waals surface area contributed by atoms with Gasteiger partial charge in [-0.3, -0.25) is 4.79 Å². The molecular weight excluding hydrogens is 148 g/mol. The van der Waals surface area contributed by atoms with Gasteiger partial charge in [0.05, 0.1) is 0 Å². The first-order chi connectivity index (χ1) is 5.79. The summed E-state index contributed by atoms with van der Waals surface area (Å²) in [6, 6.07) is 8.16.